The van der Waals surface area contributed by atoms with Gasteiger partial charge in [0.15, 0.2) is 5.96 Å². The molecule has 130 valence electrons. The fourth-order valence-electron chi connectivity index (χ4n) is 1.84. The largest absolute Gasteiger partial charge is 0.467 e. The minimum absolute atomic E-state index is 0.161. The standard InChI is InChI=1S/C16H27N3O4/c1-3-22-15(20)8-4-9-18-16(17-2)19-10-6-11-21-13-14-7-5-12-23-14/h5,7,12H,3-4,6,8-11,13H2,1-2H3,(H2,17,18,19). The van der Waals surface area contributed by atoms with Crippen LogP contribution < -0.4 is 10.6 Å². The van der Waals surface area contributed by atoms with Gasteiger partial charge in [-0.1, -0.05) is 0 Å². The number of carbonyl (C=O) groups excluding carboxylic acids is 1. The molecule has 2 N–H and O–H groups in total. The summed E-state index contributed by atoms with van der Waals surface area (Å²) in [6, 6.07) is 3.73. The molecule has 0 bridgehead atoms. The van der Waals surface area contributed by atoms with Gasteiger partial charge in [0.25, 0.3) is 0 Å². The van der Waals surface area contributed by atoms with Gasteiger partial charge < -0.3 is 24.5 Å². The summed E-state index contributed by atoms with van der Waals surface area (Å²) in [5.41, 5.74) is 0. The first-order chi connectivity index (χ1) is 11.3. The van der Waals surface area contributed by atoms with E-state index in [1.807, 2.05) is 12.1 Å². The molecule has 1 aromatic heterocycles. The fraction of sp³-hybridized carbons (Fsp3) is 0.625. The number of carbonyl (C=O) groups is 1. The summed E-state index contributed by atoms with van der Waals surface area (Å²) in [4.78, 5) is 15.3. The van der Waals surface area contributed by atoms with E-state index in [0.717, 1.165) is 24.7 Å². The zero-order chi connectivity index (χ0) is 16.8. The molecule has 0 unspecified atom stereocenters. The number of esters is 1. The summed E-state index contributed by atoms with van der Waals surface area (Å²) < 4.78 is 15.5. The van der Waals surface area contributed by atoms with Crippen LogP contribution in [0, 0.1) is 0 Å². The number of rotatable bonds is 11. The van der Waals surface area contributed by atoms with E-state index in [4.69, 9.17) is 13.9 Å². The average Bonchev–Trinajstić information content (AvgIpc) is 3.06. The molecule has 1 aromatic rings. The van der Waals surface area contributed by atoms with Gasteiger partial charge in [-0.15, -0.1) is 0 Å². The molecule has 0 saturated heterocycles. The minimum atomic E-state index is -0.161. The zero-order valence-electron chi connectivity index (χ0n) is 14.0. The van der Waals surface area contributed by atoms with Crippen molar-refractivity contribution in [1.29, 1.82) is 0 Å². The number of aliphatic imine (C=N–C) groups is 1. The molecule has 0 aliphatic heterocycles. The number of nitrogens with zero attached hydrogens (tertiary/aromatic N) is 1. The van der Waals surface area contributed by atoms with Gasteiger partial charge in [0.2, 0.25) is 0 Å². The Kier molecular flexibility index (Phi) is 10.4. The Hall–Kier alpha value is -2.02. The van der Waals surface area contributed by atoms with E-state index in [9.17, 15) is 4.79 Å². The van der Waals surface area contributed by atoms with Crippen LogP contribution >= 0.6 is 0 Å². The van der Waals surface area contributed by atoms with Crippen molar-refractivity contribution in [2.75, 3.05) is 33.4 Å². The van der Waals surface area contributed by atoms with Crippen molar-refractivity contribution >= 4 is 11.9 Å². The molecule has 23 heavy (non-hydrogen) atoms. The number of ether oxygens (including phenoxy) is 2. The quantitative estimate of drug-likeness (QED) is 0.279. The van der Waals surface area contributed by atoms with Crippen molar-refractivity contribution in [3.05, 3.63) is 24.2 Å². The Bertz CT molecular complexity index is 446. The lowest BCUT2D eigenvalue weighted by molar-refractivity contribution is -0.143. The van der Waals surface area contributed by atoms with E-state index < -0.39 is 0 Å². The molecule has 1 rings (SSSR count). The van der Waals surface area contributed by atoms with Gasteiger partial charge >= 0.3 is 5.97 Å². The molecule has 0 amide bonds. The highest BCUT2D eigenvalue weighted by Gasteiger charge is 2.02. The Morgan fingerprint density at radius 3 is 2.74 bits per heavy atom. The summed E-state index contributed by atoms with van der Waals surface area (Å²) >= 11 is 0. The molecule has 0 spiro atoms. The first-order valence-electron chi connectivity index (χ1n) is 7.96. The summed E-state index contributed by atoms with van der Waals surface area (Å²) in [6.07, 6.45) is 3.63. The van der Waals surface area contributed by atoms with Gasteiger partial charge in [-0.3, -0.25) is 9.79 Å². The molecule has 7 nitrogen and oxygen atoms in total. The molecular formula is C16H27N3O4. The van der Waals surface area contributed by atoms with Crippen molar-refractivity contribution in [3.8, 4) is 0 Å². The van der Waals surface area contributed by atoms with E-state index in [0.29, 0.717) is 39.2 Å². The lowest BCUT2D eigenvalue weighted by Gasteiger charge is -2.11. The van der Waals surface area contributed by atoms with E-state index in [2.05, 4.69) is 15.6 Å². The van der Waals surface area contributed by atoms with Crippen LogP contribution in [0.1, 0.15) is 31.9 Å². The molecule has 0 aliphatic rings. The molecule has 0 saturated carbocycles. The predicted octanol–water partition coefficient (Wildman–Crippen LogP) is 1.69. The number of hydrogen-bond acceptors (Lipinski definition) is 5. The number of furan rings is 1. The van der Waals surface area contributed by atoms with E-state index in [1.165, 1.54) is 0 Å². The molecule has 1 heterocycles. The second-order valence-electron chi connectivity index (χ2n) is 4.82. The zero-order valence-corrected chi connectivity index (χ0v) is 14.0. The lowest BCUT2D eigenvalue weighted by atomic mass is 10.3. The molecule has 0 atom stereocenters. The van der Waals surface area contributed by atoms with Crippen LogP contribution in [-0.4, -0.2) is 45.3 Å². The topological polar surface area (TPSA) is 85.1 Å². The van der Waals surface area contributed by atoms with Crippen LogP contribution in [-0.2, 0) is 20.9 Å². The summed E-state index contributed by atoms with van der Waals surface area (Å²) in [5.74, 6) is 1.39. The van der Waals surface area contributed by atoms with Gasteiger partial charge in [-0.25, -0.2) is 0 Å². The third-order valence-corrected chi connectivity index (χ3v) is 2.96. The Balaban J connectivity index is 1.98. The van der Waals surface area contributed by atoms with Crippen molar-refractivity contribution in [2.24, 2.45) is 4.99 Å². The highest BCUT2D eigenvalue weighted by molar-refractivity contribution is 5.79. The first-order valence-corrected chi connectivity index (χ1v) is 7.96. The molecular weight excluding hydrogens is 298 g/mol. The summed E-state index contributed by atoms with van der Waals surface area (Å²) in [6.45, 7) is 4.81. The lowest BCUT2D eigenvalue weighted by Crippen LogP contribution is -2.38. The van der Waals surface area contributed by atoms with Crippen LogP contribution in [0.25, 0.3) is 0 Å². The molecule has 7 heteroatoms. The number of guanidine groups is 1. The maximum atomic E-state index is 11.2. The Morgan fingerprint density at radius 2 is 2.09 bits per heavy atom. The van der Waals surface area contributed by atoms with Crippen LogP contribution in [0.15, 0.2) is 27.8 Å². The van der Waals surface area contributed by atoms with Gasteiger partial charge in [-0.05, 0) is 31.9 Å². The SMILES string of the molecule is CCOC(=O)CCCNC(=NC)NCCCOCc1ccco1. The van der Waals surface area contributed by atoms with Gasteiger partial charge in [-0.2, -0.15) is 0 Å². The van der Waals surface area contributed by atoms with Crippen LogP contribution in [0.3, 0.4) is 0 Å². The summed E-state index contributed by atoms with van der Waals surface area (Å²) in [5, 5.41) is 6.35. The average molecular weight is 325 g/mol. The first kappa shape index (κ1) is 19.0. The maximum Gasteiger partial charge on any atom is 0.305 e. The fourth-order valence-corrected chi connectivity index (χ4v) is 1.84. The van der Waals surface area contributed by atoms with Crippen LogP contribution in [0.5, 0.6) is 0 Å². The Labute approximate surface area is 137 Å². The van der Waals surface area contributed by atoms with E-state index in [1.54, 1.807) is 20.2 Å². The summed E-state index contributed by atoms with van der Waals surface area (Å²) in [7, 11) is 1.72. The minimum Gasteiger partial charge on any atom is -0.467 e. The molecule has 0 aromatic carbocycles. The highest BCUT2D eigenvalue weighted by atomic mass is 16.5. The van der Waals surface area contributed by atoms with Crippen molar-refractivity contribution in [1.82, 2.24) is 10.6 Å². The van der Waals surface area contributed by atoms with Crippen molar-refractivity contribution < 1.29 is 18.7 Å². The van der Waals surface area contributed by atoms with E-state index >= 15 is 0 Å². The van der Waals surface area contributed by atoms with Gasteiger partial charge in [0, 0.05) is 33.2 Å². The second kappa shape index (κ2) is 12.5. The van der Waals surface area contributed by atoms with Crippen molar-refractivity contribution in [3.63, 3.8) is 0 Å². The van der Waals surface area contributed by atoms with Gasteiger partial charge in [0.1, 0.15) is 12.4 Å². The maximum absolute atomic E-state index is 11.2. The monoisotopic (exact) mass is 325 g/mol. The predicted molar refractivity (Wildman–Crippen MR) is 88.2 cm³/mol. The number of nitrogens with one attached hydrogen (secondary N) is 2. The van der Waals surface area contributed by atoms with Crippen LogP contribution in [0.2, 0.25) is 0 Å². The van der Waals surface area contributed by atoms with Crippen LogP contribution in [0.4, 0.5) is 0 Å². The highest BCUT2D eigenvalue weighted by Crippen LogP contribution is 2.01. The molecule has 0 fully saturated rings. The molecule has 0 aliphatic carbocycles. The normalized spacial score (nSPS) is 11.3. The third-order valence-electron chi connectivity index (χ3n) is 2.96. The smallest absolute Gasteiger partial charge is 0.305 e. The third kappa shape index (κ3) is 9.57. The molecule has 0 radical (unpaired) electrons. The van der Waals surface area contributed by atoms with E-state index in [-0.39, 0.29) is 5.97 Å². The number of hydrogen-bond donors (Lipinski definition) is 2. The Morgan fingerprint density at radius 1 is 1.30 bits per heavy atom. The second-order valence-corrected chi connectivity index (χ2v) is 4.82. The van der Waals surface area contributed by atoms with Gasteiger partial charge in [0.05, 0.1) is 12.9 Å². The van der Waals surface area contributed by atoms with Crippen molar-refractivity contribution in [2.45, 2.75) is 32.8 Å².